The van der Waals surface area contributed by atoms with Crippen LogP contribution in [0.1, 0.15) is 0 Å². The largest absolute Gasteiger partial charge is 0.480 e. The minimum Gasteiger partial charge on any atom is -0.480 e. The van der Waals surface area contributed by atoms with Gasteiger partial charge in [0.15, 0.2) is 0 Å². The SMILES string of the molecule is O=C(O)CN1CCOC(CO)C1. The second kappa shape index (κ2) is 4.39. The van der Waals surface area contributed by atoms with E-state index in [0.29, 0.717) is 19.7 Å². The molecular formula is C7H13NO4. The summed E-state index contributed by atoms with van der Waals surface area (Å²) in [4.78, 5) is 12.1. The molecule has 70 valence electrons. The third kappa shape index (κ3) is 2.77. The fourth-order valence-corrected chi connectivity index (χ4v) is 1.23. The Morgan fingerprint density at radius 3 is 3.00 bits per heavy atom. The zero-order valence-corrected chi connectivity index (χ0v) is 6.77. The van der Waals surface area contributed by atoms with Crippen molar-refractivity contribution in [3.05, 3.63) is 0 Å². The molecule has 1 unspecified atom stereocenters. The van der Waals surface area contributed by atoms with Crippen molar-refractivity contribution in [2.24, 2.45) is 0 Å². The Kier molecular flexibility index (Phi) is 3.46. The van der Waals surface area contributed by atoms with Crippen LogP contribution in [0.2, 0.25) is 0 Å². The number of ether oxygens (including phenoxy) is 1. The molecular weight excluding hydrogens is 162 g/mol. The lowest BCUT2D eigenvalue weighted by atomic mass is 10.3. The molecule has 1 aliphatic heterocycles. The lowest BCUT2D eigenvalue weighted by Gasteiger charge is -2.30. The summed E-state index contributed by atoms with van der Waals surface area (Å²) in [5.41, 5.74) is 0. The number of morpholine rings is 1. The Morgan fingerprint density at radius 2 is 2.42 bits per heavy atom. The van der Waals surface area contributed by atoms with Gasteiger partial charge in [-0.05, 0) is 0 Å². The van der Waals surface area contributed by atoms with Crippen LogP contribution in [0.3, 0.4) is 0 Å². The van der Waals surface area contributed by atoms with Gasteiger partial charge in [-0.15, -0.1) is 0 Å². The van der Waals surface area contributed by atoms with E-state index < -0.39 is 5.97 Å². The van der Waals surface area contributed by atoms with Crippen LogP contribution in [-0.2, 0) is 9.53 Å². The summed E-state index contributed by atoms with van der Waals surface area (Å²) < 4.78 is 5.15. The molecule has 0 saturated carbocycles. The molecule has 1 fully saturated rings. The van der Waals surface area contributed by atoms with E-state index in [0.717, 1.165) is 0 Å². The lowest BCUT2D eigenvalue weighted by Crippen LogP contribution is -2.45. The number of hydrogen-bond acceptors (Lipinski definition) is 4. The summed E-state index contributed by atoms with van der Waals surface area (Å²) in [6.45, 7) is 1.61. The van der Waals surface area contributed by atoms with Crippen LogP contribution < -0.4 is 0 Å². The van der Waals surface area contributed by atoms with Crippen LogP contribution in [0, 0.1) is 0 Å². The first-order valence-corrected chi connectivity index (χ1v) is 3.89. The average molecular weight is 175 g/mol. The topological polar surface area (TPSA) is 70.0 Å². The van der Waals surface area contributed by atoms with Gasteiger partial charge in [-0.3, -0.25) is 9.69 Å². The molecule has 12 heavy (non-hydrogen) atoms. The van der Waals surface area contributed by atoms with Crippen molar-refractivity contribution < 1.29 is 19.7 Å². The molecule has 0 aromatic carbocycles. The number of aliphatic carboxylic acids is 1. The highest BCUT2D eigenvalue weighted by Gasteiger charge is 2.20. The van der Waals surface area contributed by atoms with Gasteiger partial charge in [0.25, 0.3) is 0 Å². The molecule has 0 spiro atoms. The standard InChI is InChI=1S/C7H13NO4/c9-5-6-3-8(1-2-12-6)4-7(10)11/h6,9H,1-5H2,(H,10,11). The molecule has 0 radical (unpaired) electrons. The normalized spacial score (nSPS) is 25.6. The van der Waals surface area contributed by atoms with E-state index in [4.69, 9.17) is 14.9 Å². The van der Waals surface area contributed by atoms with E-state index in [1.807, 2.05) is 0 Å². The molecule has 0 aromatic rings. The molecule has 5 nitrogen and oxygen atoms in total. The molecule has 5 heteroatoms. The predicted octanol–water partition coefficient (Wildman–Crippen LogP) is -1.24. The monoisotopic (exact) mass is 175 g/mol. The van der Waals surface area contributed by atoms with Gasteiger partial charge in [-0.1, -0.05) is 0 Å². The number of carboxylic acid groups (broad SMARTS) is 1. The van der Waals surface area contributed by atoms with E-state index in [1.54, 1.807) is 4.90 Å². The Bertz CT molecular complexity index is 161. The number of carboxylic acids is 1. The van der Waals surface area contributed by atoms with Gasteiger partial charge in [0.2, 0.25) is 0 Å². The summed E-state index contributed by atoms with van der Waals surface area (Å²) in [6, 6.07) is 0. The maximum Gasteiger partial charge on any atom is 0.317 e. The van der Waals surface area contributed by atoms with Crippen LogP contribution >= 0.6 is 0 Å². The van der Waals surface area contributed by atoms with Crippen molar-refractivity contribution in [2.75, 3.05) is 32.8 Å². The first kappa shape index (κ1) is 9.44. The number of nitrogens with zero attached hydrogens (tertiary/aromatic N) is 1. The Balaban J connectivity index is 2.30. The van der Waals surface area contributed by atoms with Crippen LogP contribution in [-0.4, -0.2) is 60.0 Å². The van der Waals surface area contributed by atoms with Gasteiger partial charge in [-0.25, -0.2) is 0 Å². The second-order valence-electron chi connectivity index (χ2n) is 2.80. The highest BCUT2D eigenvalue weighted by molar-refractivity contribution is 5.69. The van der Waals surface area contributed by atoms with Crippen molar-refractivity contribution in [3.63, 3.8) is 0 Å². The van der Waals surface area contributed by atoms with Crippen LogP contribution in [0.25, 0.3) is 0 Å². The lowest BCUT2D eigenvalue weighted by molar-refractivity contribution is -0.140. The Morgan fingerprint density at radius 1 is 1.67 bits per heavy atom. The highest BCUT2D eigenvalue weighted by Crippen LogP contribution is 2.03. The number of hydrogen-bond donors (Lipinski definition) is 2. The van der Waals surface area contributed by atoms with Gasteiger partial charge in [0.05, 0.1) is 25.9 Å². The minimum absolute atomic E-state index is 0.0276. The van der Waals surface area contributed by atoms with Crippen LogP contribution in [0.5, 0.6) is 0 Å². The maximum absolute atomic E-state index is 10.3. The van der Waals surface area contributed by atoms with Crippen molar-refractivity contribution in [1.29, 1.82) is 0 Å². The molecule has 1 saturated heterocycles. The highest BCUT2D eigenvalue weighted by atomic mass is 16.5. The van der Waals surface area contributed by atoms with Crippen molar-refractivity contribution >= 4 is 5.97 Å². The van der Waals surface area contributed by atoms with Gasteiger partial charge in [-0.2, -0.15) is 0 Å². The number of aliphatic hydroxyl groups is 1. The third-order valence-corrected chi connectivity index (χ3v) is 1.79. The molecule has 2 N–H and O–H groups in total. The summed E-state index contributed by atoms with van der Waals surface area (Å²) in [5.74, 6) is -0.839. The number of aliphatic hydroxyl groups excluding tert-OH is 1. The second-order valence-corrected chi connectivity index (χ2v) is 2.80. The van der Waals surface area contributed by atoms with Crippen LogP contribution in [0.4, 0.5) is 0 Å². The summed E-state index contributed by atoms with van der Waals surface area (Å²) >= 11 is 0. The zero-order chi connectivity index (χ0) is 8.97. The zero-order valence-electron chi connectivity index (χ0n) is 6.77. The molecule has 1 heterocycles. The van der Waals surface area contributed by atoms with Crippen LogP contribution in [0.15, 0.2) is 0 Å². The van der Waals surface area contributed by atoms with Gasteiger partial charge in [0.1, 0.15) is 0 Å². The first-order valence-electron chi connectivity index (χ1n) is 3.89. The van der Waals surface area contributed by atoms with Crippen molar-refractivity contribution in [3.8, 4) is 0 Å². The van der Waals surface area contributed by atoms with Crippen molar-refractivity contribution in [1.82, 2.24) is 4.90 Å². The van der Waals surface area contributed by atoms with E-state index in [9.17, 15) is 4.79 Å². The molecule has 0 bridgehead atoms. The van der Waals surface area contributed by atoms with Gasteiger partial charge < -0.3 is 14.9 Å². The molecule has 1 atom stereocenters. The average Bonchev–Trinajstić information content (AvgIpc) is 2.03. The van der Waals surface area contributed by atoms with E-state index >= 15 is 0 Å². The van der Waals surface area contributed by atoms with E-state index in [2.05, 4.69) is 0 Å². The van der Waals surface area contributed by atoms with E-state index in [-0.39, 0.29) is 19.3 Å². The smallest absolute Gasteiger partial charge is 0.317 e. The van der Waals surface area contributed by atoms with E-state index in [1.165, 1.54) is 0 Å². The van der Waals surface area contributed by atoms with Gasteiger partial charge in [0, 0.05) is 13.1 Å². The first-order chi connectivity index (χ1) is 5.72. The summed E-state index contributed by atoms with van der Waals surface area (Å²) in [7, 11) is 0. The minimum atomic E-state index is -0.839. The fraction of sp³-hybridized carbons (Fsp3) is 0.857. The molecule has 1 aliphatic rings. The molecule has 0 aromatic heterocycles. The summed E-state index contributed by atoms with van der Waals surface area (Å²) in [6.07, 6.45) is -0.224. The summed E-state index contributed by atoms with van der Waals surface area (Å²) in [5, 5.41) is 17.2. The predicted molar refractivity (Wildman–Crippen MR) is 40.9 cm³/mol. The third-order valence-electron chi connectivity index (χ3n) is 1.79. The fourth-order valence-electron chi connectivity index (χ4n) is 1.23. The Labute approximate surface area is 70.5 Å². The molecule has 0 amide bonds. The van der Waals surface area contributed by atoms with Gasteiger partial charge >= 0.3 is 5.97 Å². The maximum atomic E-state index is 10.3. The quantitative estimate of drug-likeness (QED) is 0.561. The molecule has 0 aliphatic carbocycles. The van der Waals surface area contributed by atoms with Crippen molar-refractivity contribution in [2.45, 2.75) is 6.10 Å². The molecule has 1 rings (SSSR count). The Hall–Kier alpha value is -0.650. The number of carbonyl (C=O) groups is 1. The number of rotatable bonds is 3.